The molecule has 0 radical (unpaired) electrons. The SMILES string of the molecule is O=C(NC[C@@H](O)c1ccc(F)cc1)[C@H]1CCCc2ccccc21. The summed E-state index contributed by atoms with van der Waals surface area (Å²) in [6.07, 6.45) is 2.00. The van der Waals surface area contributed by atoms with Gasteiger partial charge in [-0.2, -0.15) is 0 Å². The van der Waals surface area contributed by atoms with E-state index in [1.165, 1.54) is 29.8 Å². The van der Waals surface area contributed by atoms with Crippen LogP contribution in [0.4, 0.5) is 4.39 Å². The maximum absolute atomic E-state index is 12.9. The van der Waals surface area contributed by atoms with Crippen LogP contribution < -0.4 is 5.32 Å². The van der Waals surface area contributed by atoms with Crippen LogP contribution in [0.1, 0.15) is 41.6 Å². The minimum Gasteiger partial charge on any atom is -0.387 e. The van der Waals surface area contributed by atoms with Crippen LogP contribution >= 0.6 is 0 Å². The number of carbonyl (C=O) groups excluding carboxylic acids is 1. The van der Waals surface area contributed by atoms with Gasteiger partial charge in [0.2, 0.25) is 5.91 Å². The molecule has 2 atom stereocenters. The Hall–Kier alpha value is -2.20. The third-order valence-corrected chi connectivity index (χ3v) is 4.41. The largest absolute Gasteiger partial charge is 0.387 e. The fourth-order valence-electron chi connectivity index (χ4n) is 3.15. The lowest BCUT2D eigenvalue weighted by molar-refractivity contribution is -0.123. The van der Waals surface area contributed by atoms with E-state index in [0.717, 1.165) is 24.8 Å². The second kappa shape index (κ2) is 6.92. The summed E-state index contributed by atoms with van der Waals surface area (Å²) in [4.78, 5) is 12.5. The van der Waals surface area contributed by atoms with Gasteiger partial charge in [-0.05, 0) is 48.1 Å². The molecule has 0 unspecified atom stereocenters. The van der Waals surface area contributed by atoms with E-state index in [9.17, 15) is 14.3 Å². The van der Waals surface area contributed by atoms with Crippen molar-refractivity contribution in [3.05, 3.63) is 71.0 Å². The molecule has 0 saturated carbocycles. The summed E-state index contributed by atoms with van der Waals surface area (Å²) in [5.41, 5.74) is 2.92. The molecule has 2 aromatic rings. The molecule has 3 nitrogen and oxygen atoms in total. The number of hydrogen-bond donors (Lipinski definition) is 2. The van der Waals surface area contributed by atoms with Crippen LogP contribution in [0.3, 0.4) is 0 Å². The number of carbonyl (C=O) groups is 1. The van der Waals surface area contributed by atoms with Gasteiger partial charge in [-0.15, -0.1) is 0 Å². The highest BCUT2D eigenvalue weighted by Crippen LogP contribution is 2.31. The zero-order valence-corrected chi connectivity index (χ0v) is 12.8. The molecule has 1 aliphatic rings. The number of amides is 1. The van der Waals surface area contributed by atoms with Crippen LogP contribution in [0.25, 0.3) is 0 Å². The first-order valence-electron chi connectivity index (χ1n) is 7.94. The Balaban J connectivity index is 1.63. The van der Waals surface area contributed by atoms with E-state index in [0.29, 0.717) is 5.56 Å². The number of aliphatic hydroxyl groups excluding tert-OH is 1. The van der Waals surface area contributed by atoms with Crippen molar-refractivity contribution in [1.82, 2.24) is 5.32 Å². The number of benzene rings is 2. The lowest BCUT2D eigenvalue weighted by atomic mass is 9.82. The second-order valence-corrected chi connectivity index (χ2v) is 5.96. The number of hydrogen-bond acceptors (Lipinski definition) is 2. The van der Waals surface area contributed by atoms with E-state index >= 15 is 0 Å². The van der Waals surface area contributed by atoms with E-state index in [1.54, 1.807) is 0 Å². The Morgan fingerprint density at radius 3 is 2.74 bits per heavy atom. The van der Waals surface area contributed by atoms with Crippen LogP contribution in [0, 0.1) is 5.82 Å². The Labute approximate surface area is 135 Å². The molecule has 0 saturated heterocycles. The summed E-state index contributed by atoms with van der Waals surface area (Å²) in [5.74, 6) is -0.553. The first-order chi connectivity index (χ1) is 11.1. The predicted molar refractivity (Wildman–Crippen MR) is 86.5 cm³/mol. The van der Waals surface area contributed by atoms with E-state index in [-0.39, 0.29) is 24.2 Å². The van der Waals surface area contributed by atoms with Crippen LogP contribution in [-0.2, 0) is 11.2 Å². The zero-order chi connectivity index (χ0) is 16.2. The maximum atomic E-state index is 12.9. The smallest absolute Gasteiger partial charge is 0.227 e. The molecule has 1 amide bonds. The van der Waals surface area contributed by atoms with Gasteiger partial charge in [0.05, 0.1) is 12.0 Å². The van der Waals surface area contributed by atoms with Crippen LogP contribution in [-0.4, -0.2) is 17.6 Å². The summed E-state index contributed by atoms with van der Waals surface area (Å²) in [6.45, 7) is 0.128. The van der Waals surface area contributed by atoms with Crippen molar-refractivity contribution in [3.8, 4) is 0 Å². The van der Waals surface area contributed by atoms with E-state index < -0.39 is 6.10 Å². The third kappa shape index (κ3) is 3.59. The van der Waals surface area contributed by atoms with Crippen molar-refractivity contribution < 1.29 is 14.3 Å². The molecule has 0 aromatic heterocycles. The number of aryl methyl sites for hydroxylation is 1. The fraction of sp³-hybridized carbons (Fsp3) is 0.316. The van der Waals surface area contributed by atoms with Gasteiger partial charge in [-0.3, -0.25) is 4.79 Å². The molecular formula is C19H20FNO2. The van der Waals surface area contributed by atoms with Gasteiger partial charge in [0.15, 0.2) is 0 Å². The summed E-state index contributed by atoms with van der Waals surface area (Å²) in [6, 6.07) is 13.7. The molecule has 0 heterocycles. The van der Waals surface area contributed by atoms with Crippen molar-refractivity contribution in [3.63, 3.8) is 0 Å². The molecule has 23 heavy (non-hydrogen) atoms. The van der Waals surface area contributed by atoms with Crippen LogP contribution in [0.2, 0.25) is 0 Å². The predicted octanol–water partition coefficient (Wildman–Crippen LogP) is 3.10. The minimum absolute atomic E-state index is 0.0571. The normalized spacial score (nSPS) is 18.1. The Bertz CT molecular complexity index is 684. The lowest BCUT2D eigenvalue weighted by Crippen LogP contribution is -2.34. The first kappa shape index (κ1) is 15.7. The summed E-state index contributed by atoms with van der Waals surface area (Å²) < 4.78 is 12.9. The van der Waals surface area contributed by atoms with Crippen molar-refractivity contribution in [2.45, 2.75) is 31.3 Å². The quantitative estimate of drug-likeness (QED) is 0.911. The molecule has 2 N–H and O–H groups in total. The van der Waals surface area contributed by atoms with Gasteiger partial charge in [-0.25, -0.2) is 4.39 Å². The van der Waals surface area contributed by atoms with Crippen LogP contribution in [0.5, 0.6) is 0 Å². The molecule has 1 aliphatic carbocycles. The lowest BCUT2D eigenvalue weighted by Gasteiger charge is -2.25. The Morgan fingerprint density at radius 1 is 1.22 bits per heavy atom. The highest BCUT2D eigenvalue weighted by Gasteiger charge is 2.26. The highest BCUT2D eigenvalue weighted by molar-refractivity contribution is 5.84. The fourth-order valence-corrected chi connectivity index (χ4v) is 3.15. The van der Waals surface area contributed by atoms with Gasteiger partial charge in [-0.1, -0.05) is 36.4 Å². The number of halogens is 1. The Morgan fingerprint density at radius 2 is 1.96 bits per heavy atom. The maximum Gasteiger partial charge on any atom is 0.227 e. The average Bonchev–Trinajstić information content (AvgIpc) is 2.59. The molecular weight excluding hydrogens is 293 g/mol. The van der Waals surface area contributed by atoms with Gasteiger partial charge >= 0.3 is 0 Å². The van der Waals surface area contributed by atoms with Gasteiger partial charge in [0.1, 0.15) is 5.82 Å². The molecule has 0 fully saturated rings. The highest BCUT2D eigenvalue weighted by atomic mass is 19.1. The van der Waals surface area contributed by atoms with Crippen molar-refractivity contribution in [1.29, 1.82) is 0 Å². The van der Waals surface area contributed by atoms with Gasteiger partial charge in [0.25, 0.3) is 0 Å². The van der Waals surface area contributed by atoms with E-state index in [4.69, 9.17) is 0 Å². The molecule has 3 rings (SSSR count). The number of nitrogens with one attached hydrogen (secondary N) is 1. The average molecular weight is 313 g/mol. The molecule has 4 heteroatoms. The van der Waals surface area contributed by atoms with Gasteiger partial charge < -0.3 is 10.4 Å². The van der Waals surface area contributed by atoms with Crippen LogP contribution in [0.15, 0.2) is 48.5 Å². The number of rotatable bonds is 4. The van der Waals surface area contributed by atoms with Gasteiger partial charge in [0, 0.05) is 6.54 Å². The summed E-state index contributed by atoms with van der Waals surface area (Å²) >= 11 is 0. The van der Waals surface area contributed by atoms with Crippen molar-refractivity contribution in [2.24, 2.45) is 0 Å². The molecule has 0 bridgehead atoms. The van der Waals surface area contributed by atoms with E-state index in [2.05, 4.69) is 11.4 Å². The second-order valence-electron chi connectivity index (χ2n) is 5.96. The molecule has 0 aliphatic heterocycles. The van der Waals surface area contributed by atoms with Crippen molar-refractivity contribution in [2.75, 3.05) is 6.54 Å². The topological polar surface area (TPSA) is 49.3 Å². The minimum atomic E-state index is -0.835. The first-order valence-corrected chi connectivity index (χ1v) is 7.94. The monoisotopic (exact) mass is 313 g/mol. The Kier molecular flexibility index (Phi) is 4.72. The number of aliphatic hydroxyl groups is 1. The van der Waals surface area contributed by atoms with E-state index in [1.807, 2.05) is 18.2 Å². The standard InChI is InChI=1S/C19H20FNO2/c20-15-10-8-14(9-11-15)18(22)12-21-19(23)17-7-3-5-13-4-1-2-6-16(13)17/h1-2,4,6,8-11,17-18,22H,3,5,7,12H2,(H,21,23)/t17-,18+/m0/s1. The summed E-state index contributed by atoms with van der Waals surface area (Å²) in [7, 11) is 0. The molecule has 120 valence electrons. The number of fused-ring (bicyclic) bond motifs is 1. The summed E-state index contributed by atoms with van der Waals surface area (Å²) in [5, 5.41) is 12.9. The third-order valence-electron chi connectivity index (χ3n) is 4.41. The van der Waals surface area contributed by atoms with Crippen molar-refractivity contribution >= 4 is 5.91 Å². The zero-order valence-electron chi connectivity index (χ0n) is 12.8. The molecule has 2 aromatic carbocycles. The molecule has 0 spiro atoms.